The Morgan fingerprint density at radius 2 is 1.83 bits per heavy atom. The van der Waals surface area contributed by atoms with Crippen molar-refractivity contribution in [1.29, 1.82) is 0 Å². The Hall–Kier alpha value is -0.910. The molecule has 1 aromatic carbocycles. The molecule has 130 valence electrons. The summed E-state index contributed by atoms with van der Waals surface area (Å²) in [5.74, 6) is 1.52. The van der Waals surface area contributed by atoms with E-state index in [0.29, 0.717) is 11.4 Å². The zero-order chi connectivity index (χ0) is 17.0. The SMILES string of the molecule is CCC(CC)C1CCN(CC(O)c2ccc(S(C)(=O)=O)cc2)C1. The highest BCUT2D eigenvalue weighted by molar-refractivity contribution is 7.90. The van der Waals surface area contributed by atoms with E-state index in [4.69, 9.17) is 0 Å². The Labute approximate surface area is 140 Å². The molecule has 0 spiro atoms. The number of hydrogen-bond donors (Lipinski definition) is 1. The fourth-order valence-corrected chi connectivity index (χ4v) is 4.29. The molecule has 1 aromatic rings. The minimum absolute atomic E-state index is 0.295. The van der Waals surface area contributed by atoms with E-state index in [9.17, 15) is 13.5 Å². The lowest BCUT2D eigenvalue weighted by atomic mass is 9.87. The highest BCUT2D eigenvalue weighted by Crippen LogP contribution is 2.30. The second kappa shape index (κ2) is 7.77. The summed E-state index contributed by atoms with van der Waals surface area (Å²) in [6.45, 7) is 7.24. The number of nitrogens with zero attached hydrogens (tertiary/aromatic N) is 1. The van der Waals surface area contributed by atoms with Gasteiger partial charge >= 0.3 is 0 Å². The van der Waals surface area contributed by atoms with Gasteiger partial charge in [0.25, 0.3) is 0 Å². The van der Waals surface area contributed by atoms with Gasteiger partial charge < -0.3 is 10.0 Å². The maximum Gasteiger partial charge on any atom is 0.175 e. The Kier molecular flexibility index (Phi) is 6.23. The minimum atomic E-state index is -3.18. The molecule has 1 aliphatic heterocycles. The van der Waals surface area contributed by atoms with Crippen LogP contribution in [0.15, 0.2) is 29.2 Å². The number of β-amino-alcohol motifs (C(OH)–C–C–N with tert-alkyl or cyclic N) is 1. The summed E-state index contributed by atoms with van der Waals surface area (Å²) in [6, 6.07) is 6.58. The first kappa shape index (κ1) is 18.4. The molecule has 1 aliphatic rings. The van der Waals surface area contributed by atoms with Gasteiger partial charge in [0.15, 0.2) is 9.84 Å². The molecule has 0 bridgehead atoms. The van der Waals surface area contributed by atoms with Crippen molar-refractivity contribution in [3.8, 4) is 0 Å². The molecule has 5 heteroatoms. The van der Waals surface area contributed by atoms with E-state index in [1.54, 1.807) is 24.3 Å². The van der Waals surface area contributed by atoms with E-state index in [2.05, 4.69) is 18.7 Å². The van der Waals surface area contributed by atoms with Crippen molar-refractivity contribution in [2.24, 2.45) is 11.8 Å². The second-order valence-electron chi connectivity index (χ2n) is 6.74. The summed E-state index contributed by atoms with van der Waals surface area (Å²) < 4.78 is 23.0. The van der Waals surface area contributed by atoms with E-state index in [0.717, 1.165) is 30.5 Å². The molecule has 2 rings (SSSR count). The third kappa shape index (κ3) is 4.78. The highest BCUT2D eigenvalue weighted by atomic mass is 32.2. The van der Waals surface area contributed by atoms with Gasteiger partial charge in [-0.25, -0.2) is 8.42 Å². The molecule has 4 nitrogen and oxygen atoms in total. The fourth-order valence-electron chi connectivity index (χ4n) is 3.66. The summed E-state index contributed by atoms with van der Waals surface area (Å²) in [7, 11) is -3.18. The molecule has 23 heavy (non-hydrogen) atoms. The molecule has 0 aromatic heterocycles. The molecule has 1 heterocycles. The number of rotatable bonds is 7. The van der Waals surface area contributed by atoms with Crippen molar-refractivity contribution >= 4 is 9.84 Å². The largest absolute Gasteiger partial charge is 0.387 e. The Balaban J connectivity index is 1.94. The highest BCUT2D eigenvalue weighted by Gasteiger charge is 2.28. The zero-order valence-electron chi connectivity index (χ0n) is 14.4. The summed E-state index contributed by atoms with van der Waals surface area (Å²) >= 11 is 0. The number of hydrogen-bond acceptors (Lipinski definition) is 4. The van der Waals surface area contributed by atoms with Crippen LogP contribution in [0.4, 0.5) is 0 Å². The summed E-state index contributed by atoms with van der Waals surface area (Å²) in [5.41, 5.74) is 0.781. The van der Waals surface area contributed by atoms with Gasteiger partial charge in [0.05, 0.1) is 11.0 Å². The average molecular weight is 340 g/mol. The van der Waals surface area contributed by atoms with Crippen LogP contribution in [-0.2, 0) is 9.84 Å². The van der Waals surface area contributed by atoms with E-state index < -0.39 is 15.9 Å². The topological polar surface area (TPSA) is 57.6 Å². The van der Waals surface area contributed by atoms with Crippen molar-refractivity contribution in [3.05, 3.63) is 29.8 Å². The van der Waals surface area contributed by atoms with Gasteiger partial charge in [-0.2, -0.15) is 0 Å². The first-order chi connectivity index (χ1) is 10.8. The summed E-state index contributed by atoms with van der Waals surface area (Å²) in [6.07, 6.45) is 4.30. The van der Waals surface area contributed by atoms with Gasteiger partial charge in [0.2, 0.25) is 0 Å². The predicted octanol–water partition coefficient (Wildman–Crippen LogP) is 2.88. The van der Waals surface area contributed by atoms with Crippen molar-refractivity contribution in [2.45, 2.75) is 44.1 Å². The Bertz CT molecular complexity index is 593. The maximum atomic E-state index is 11.5. The van der Waals surface area contributed by atoms with Crippen LogP contribution in [-0.4, -0.2) is 44.3 Å². The second-order valence-corrected chi connectivity index (χ2v) is 8.76. The van der Waals surface area contributed by atoms with E-state index in [1.807, 2.05) is 0 Å². The molecule has 2 unspecified atom stereocenters. The lowest BCUT2D eigenvalue weighted by Crippen LogP contribution is -2.27. The van der Waals surface area contributed by atoms with Crippen molar-refractivity contribution < 1.29 is 13.5 Å². The predicted molar refractivity (Wildman–Crippen MR) is 93.1 cm³/mol. The molecule has 0 saturated carbocycles. The average Bonchev–Trinajstić information content (AvgIpc) is 2.96. The van der Waals surface area contributed by atoms with Gasteiger partial charge in [-0.15, -0.1) is 0 Å². The molecule has 0 amide bonds. The van der Waals surface area contributed by atoms with Crippen LogP contribution in [0.2, 0.25) is 0 Å². The van der Waals surface area contributed by atoms with Crippen LogP contribution >= 0.6 is 0 Å². The van der Waals surface area contributed by atoms with Gasteiger partial charge in [0.1, 0.15) is 0 Å². The molecular formula is C18H29NO3S. The molecule has 0 radical (unpaired) electrons. The number of sulfone groups is 1. The van der Waals surface area contributed by atoms with Crippen LogP contribution < -0.4 is 0 Å². The molecule has 2 atom stereocenters. The van der Waals surface area contributed by atoms with Crippen molar-refractivity contribution in [2.75, 3.05) is 25.9 Å². The molecule has 1 fully saturated rings. The van der Waals surface area contributed by atoms with E-state index in [1.165, 1.54) is 25.5 Å². The molecule has 0 aliphatic carbocycles. The van der Waals surface area contributed by atoms with Gasteiger partial charge in [-0.05, 0) is 42.5 Å². The number of benzene rings is 1. The number of aliphatic hydroxyl groups is 1. The third-order valence-electron chi connectivity index (χ3n) is 5.15. The normalized spacial score (nSPS) is 21.0. The lowest BCUT2D eigenvalue weighted by Gasteiger charge is -2.23. The quantitative estimate of drug-likeness (QED) is 0.830. The monoisotopic (exact) mass is 339 g/mol. The minimum Gasteiger partial charge on any atom is -0.387 e. The number of aliphatic hydroxyl groups excluding tert-OH is 1. The van der Waals surface area contributed by atoms with Crippen LogP contribution in [0.5, 0.6) is 0 Å². The zero-order valence-corrected chi connectivity index (χ0v) is 15.2. The van der Waals surface area contributed by atoms with Crippen LogP contribution in [0, 0.1) is 11.8 Å². The van der Waals surface area contributed by atoms with Crippen LogP contribution in [0.3, 0.4) is 0 Å². The Morgan fingerprint density at radius 3 is 2.35 bits per heavy atom. The first-order valence-corrected chi connectivity index (χ1v) is 10.4. The van der Waals surface area contributed by atoms with Crippen molar-refractivity contribution in [3.63, 3.8) is 0 Å². The van der Waals surface area contributed by atoms with Crippen LogP contribution in [0.25, 0.3) is 0 Å². The summed E-state index contributed by atoms with van der Waals surface area (Å²) in [5, 5.41) is 10.4. The fraction of sp³-hybridized carbons (Fsp3) is 0.667. The van der Waals surface area contributed by atoms with Gasteiger partial charge in [0, 0.05) is 19.3 Å². The van der Waals surface area contributed by atoms with Gasteiger partial charge in [-0.1, -0.05) is 38.8 Å². The Morgan fingerprint density at radius 1 is 1.22 bits per heavy atom. The molecule has 1 N–H and O–H groups in total. The van der Waals surface area contributed by atoms with Crippen LogP contribution in [0.1, 0.15) is 44.8 Å². The van der Waals surface area contributed by atoms with Gasteiger partial charge in [-0.3, -0.25) is 0 Å². The molecular weight excluding hydrogens is 310 g/mol. The third-order valence-corrected chi connectivity index (χ3v) is 6.28. The van der Waals surface area contributed by atoms with E-state index in [-0.39, 0.29) is 0 Å². The van der Waals surface area contributed by atoms with E-state index >= 15 is 0 Å². The first-order valence-electron chi connectivity index (χ1n) is 8.55. The standard InChI is InChI=1S/C18H29NO3S/c1-4-14(5-2)16-10-11-19(12-16)13-18(20)15-6-8-17(9-7-15)23(3,21)22/h6-9,14,16,18,20H,4-5,10-13H2,1-3H3. The lowest BCUT2D eigenvalue weighted by molar-refractivity contribution is 0.121. The summed E-state index contributed by atoms with van der Waals surface area (Å²) in [4.78, 5) is 2.63. The maximum absolute atomic E-state index is 11.5. The van der Waals surface area contributed by atoms with Crippen molar-refractivity contribution in [1.82, 2.24) is 4.90 Å². The smallest absolute Gasteiger partial charge is 0.175 e. The molecule has 1 saturated heterocycles. The number of likely N-dealkylation sites (tertiary alicyclic amines) is 1.